The molecule has 1 heterocycles. The fourth-order valence-corrected chi connectivity index (χ4v) is 6.19. The molecule has 37 heavy (non-hydrogen) atoms. The lowest BCUT2D eigenvalue weighted by Crippen LogP contribution is -2.29. The smallest absolute Gasteiger partial charge is 0.0537 e. The Morgan fingerprint density at radius 3 is 2.22 bits per heavy atom. The van der Waals surface area contributed by atoms with Crippen LogP contribution in [-0.2, 0) is 6.42 Å². The van der Waals surface area contributed by atoms with Crippen molar-refractivity contribution in [1.82, 2.24) is 9.47 Å². The number of aromatic nitrogens is 1. The van der Waals surface area contributed by atoms with Crippen molar-refractivity contribution in [3.05, 3.63) is 127 Å². The highest BCUT2D eigenvalue weighted by Gasteiger charge is 2.22. The summed E-state index contributed by atoms with van der Waals surface area (Å²) in [7, 11) is 2.30. The van der Waals surface area contributed by atoms with Gasteiger partial charge >= 0.3 is 0 Å². The molecule has 6 rings (SSSR count). The van der Waals surface area contributed by atoms with Gasteiger partial charge in [-0.25, -0.2) is 0 Å². The van der Waals surface area contributed by atoms with E-state index in [0.717, 1.165) is 32.2 Å². The summed E-state index contributed by atoms with van der Waals surface area (Å²) in [6.45, 7) is 1.10. The Kier molecular flexibility index (Phi) is 6.82. The minimum Gasteiger partial charge on any atom is -0.377 e. The standard InChI is InChI=1S/C35H36N2/c1-36(33(29-14-6-3-7-15-29)25-22-27-12-4-2-5-13-27)26-28-20-23-30(24-21-28)37-34-18-10-8-16-31(34)32-17-9-11-19-35(32)37/h2-14,16-19,23,25,28-29H,15,20-22,24,26H2,1H3/b33-25-. The molecule has 0 spiro atoms. The van der Waals surface area contributed by atoms with E-state index >= 15 is 0 Å². The molecular formula is C35H36N2. The van der Waals surface area contributed by atoms with E-state index in [1.165, 1.54) is 45.2 Å². The Morgan fingerprint density at radius 1 is 0.865 bits per heavy atom. The highest BCUT2D eigenvalue weighted by atomic mass is 15.1. The predicted molar refractivity (Wildman–Crippen MR) is 158 cm³/mol. The molecule has 3 aromatic carbocycles. The third kappa shape index (κ3) is 4.93. The molecule has 2 aliphatic carbocycles. The minimum atomic E-state index is 0.464. The zero-order valence-corrected chi connectivity index (χ0v) is 21.8. The van der Waals surface area contributed by atoms with E-state index < -0.39 is 0 Å². The molecular weight excluding hydrogens is 448 g/mol. The number of fused-ring (bicyclic) bond motifs is 3. The Balaban J connectivity index is 1.21. The van der Waals surface area contributed by atoms with Crippen LogP contribution in [0.4, 0.5) is 0 Å². The van der Waals surface area contributed by atoms with E-state index in [9.17, 15) is 0 Å². The van der Waals surface area contributed by atoms with E-state index in [0.29, 0.717) is 11.8 Å². The van der Waals surface area contributed by atoms with E-state index in [-0.39, 0.29) is 0 Å². The van der Waals surface area contributed by atoms with Gasteiger partial charge in [-0.05, 0) is 55.7 Å². The third-order valence-electron chi connectivity index (χ3n) is 8.09. The van der Waals surface area contributed by atoms with Gasteiger partial charge in [0.2, 0.25) is 0 Å². The maximum Gasteiger partial charge on any atom is 0.0537 e. The Hall–Kier alpha value is -3.78. The van der Waals surface area contributed by atoms with Crippen LogP contribution in [0.5, 0.6) is 0 Å². The Bertz CT molecular complexity index is 1450. The van der Waals surface area contributed by atoms with Crippen LogP contribution in [0.3, 0.4) is 0 Å². The first-order valence-corrected chi connectivity index (χ1v) is 13.7. The molecule has 2 unspecified atom stereocenters. The van der Waals surface area contributed by atoms with Gasteiger partial charge in [-0.3, -0.25) is 0 Å². The second kappa shape index (κ2) is 10.7. The van der Waals surface area contributed by atoms with Crippen LogP contribution in [0.15, 0.2) is 121 Å². The molecule has 0 bridgehead atoms. The molecule has 2 aliphatic rings. The van der Waals surface area contributed by atoms with Crippen LogP contribution < -0.4 is 0 Å². The van der Waals surface area contributed by atoms with Crippen LogP contribution in [0.1, 0.15) is 31.2 Å². The van der Waals surface area contributed by atoms with Crippen LogP contribution >= 0.6 is 0 Å². The molecule has 186 valence electrons. The number of benzene rings is 3. The molecule has 2 heteroatoms. The van der Waals surface area contributed by atoms with Crippen molar-refractivity contribution >= 4 is 27.5 Å². The summed E-state index contributed by atoms with van der Waals surface area (Å²) in [6, 6.07) is 28.5. The number of rotatable bonds is 7. The first-order valence-electron chi connectivity index (χ1n) is 13.7. The molecule has 2 atom stereocenters. The lowest BCUT2D eigenvalue weighted by atomic mass is 9.90. The fraction of sp³-hybridized carbons (Fsp3) is 0.257. The Labute approximate surface area is 220 Å². The molecule has 2 nitrogen and oxygen atoms in total. The summed E-state index contributed by atoms with van der Waals surface area (Å²) in [4.78, 5) is 2.54. The van der Waals surface area contributed by atoms with E-state index in [1.54, 1.807) is 0 Å². The zero-order chi connectivity index (χ0) is 25.0. The second-order valence-corrected chi connectivity index (χ2v) is 10.6. The first kappa shape index (κ1) is 23.6. The third-order valence-corrected chi connectivity index (χ3v) is 8.09. The first-order chi connectivity index (χ1) is 18.3. The fourth-order valence-electron chi connectivity index (χ4n) is 6.19. The summed E-state index contributed by atoms with van der Waals surface area (Å²) >= 11 is 0. The summed E-state index contributed by atoms with van der Waals surface area (Å²) < 4.78 is 2.51. The van der Waals surface area contributed by atoms with Gasteiger partial charge in [0.1, 0.15) is 0 Å². The van der Waals surface area contributed by atoms with Gasteiger partial charge in [0.25, 0.3) is 0 Å². The lowest BCUT2D eigenvalue weighted by molar-refractivity contribution is 0.296. The van der Waals surface area contributed by atoms with Crippen LogP contribution in [0.2, 0.25) is 0 Å². The number of hydrogen-bond acceptors (Lipinski definition) is 1. The number of para-hydroxylation sites is 2. The normalized spacial score (nSPS) is 19.9. The predicted octanol–water partition coefficient (Wildman–Crippen LogP) is 8.63. The largest absolute Gasteiger partial charge is 0.377 e. The molecule has 0 radical (unpaired) electrons. The molecule has 0 aliphatic heterocycles. The van der Waals surface area contributed by atoms with Crippen molar-refractivity contribution in [2.24, 2.45) is 11.8 Å². The van der Waals surface area contributed by atoms with Gasteiger partial charge in [-0.1, -0.05) is 103 Å². The molecule has 0 saturated heterocycles. The van der Waals surface area contributed by atoms with E-state index in [1.807, 2.05) is 0 Å². The van der Waals surface area contributed by atoms with Crippen molar-refractivity contribution in [2.45, 2.75) is 32.1 Å². The minimum absolute atomic E-state index is 0.464. The van der Waals surface area contributed by atoms with Crippen LogP contribution in [0.25, 0.3) is 27.5 Å². The van der Waals surface area contributed by atoms with Gasteiger partial charge in [0, 0.05) is 41.7 Å². The van der Waals surface area contributed by atoms with Crippen molar-refractivity contribution in [3.63, 3.8) is 0 Å². The van der Waals surface area contributed by atoms with Gasteiger partial charge in [0.05, 0.1) is 11.0 Å². The van der Waals surface area contributed by atoms with Crippen molar-refractivity contribution in [3.8, 4) is 0 Å². The van der Waals surface area contributed by atoms with E-state index in [4.69, 9.17) is 0 Å². The second-order valence-electron chi connectivity index (χ2n) is 10.6. The highest BCUT2D eigenvalue weighted by Crippen LogP contribution is 2.36. The summed E-state index contributed by atoms with van der Waals surface area (Å²) in [5.41, 5.74) is 6.95. The number of nitrogens with zero attached hydrogens (tertiary/aromatic N) is 2. The molecule has 0 amide bonds. The quantitative estimate of drug-likeness (QED) is 0.255. The van der Waals surface area contributed by atoms with Crippen LogP contribution in [0, 0.1) is 11.8 Å². The monoisotopic (exact) mass is 484 g/mol. The Morgan fingerprint density at radius 2 is 1.57 bits per heavy atom. The summed E-state index contributed by atoms with van der Waals surface area (Å²) in [6.07, 6.45) is 19.6. The van der Waals surface area contributed by atoms with Gasteiger partial charge < -0.3 is 9.47 Å². The van der Waals surface area contributed by atoms with Crippen molar-refractivity contribution in [2.75, 3.05) is 13.6 Å². The summed E-state index contributed by atoms with van der Waals surface area (Å²) in [5, 5.41) is 2.70. The van der Waals surface area contributed by atoms with Gasteiger partial charge in [-0.2, -0.15) is 0 Å². The molecule has 1 aromatic heterocycles. The van der Waals surface area contributed by atoms with Crippen molar-refractivity contribution in [1.29, 1.82) is 0 Å². The lowest BCUT2D eigenvalue weighted by Gasteiger charge is -2.33. The molecule has 0 fully saturated rings. The number of allylic oxidation sites excluding steroid dienone is 7. The maximum atomic E-state index is 2.54. The average molecular weight is 485 g/mol. The summed E-state index contributed by atoms with van der Waals surface area (Å²) in [5.74, 6) is 1.14. The SMILES string of the molecule is CN(CC1CC=C(n2c3ccccc3c3ccccc32)CC1)/C(=C\Cc1ccccc1)C1C=CC=CC1. The highest BCUT2D eigenvalue weighted by molar-refractivity contribution is 6.09. The maximum absolute atomic E-state index is 2.54. The van der Waals surface area contributed by atoms with Gasteiger partial charge in [0.15, 0.2) is 0 Å². The van der Waals surface area contributed by atoms with Crippen molar-refractivity contribution < 1.29 is 0 Å². The molecule has 0 saturated carbocycles. The topological polar surface area (TPSA) is 8.17 Å². The van der Waals surface area contributed by atoms with Crippen LogP contribution in [-0.4, -0.2) is 23.1 Å². The molecule has 4 aromatic rings. The average Bonchev–Trinajstić information content (AvgIpc) is 3.29. The van der Waals surface area contributed by atoms with E-state index in [2.05, 4.69) is 132 Å². The van der Waals surface area contributed by atoms with Gasteiger partial charge in [-0.15, -0.1) is 0 Å². The molecule has 0 N–H and O–H groups in total. The zero-order valence-electron chi connectivity index (χ0n) is 21.8. The number of hydrogen-bond donors (Lipinski definition) is 0.